The second kappa shape index (κ2) is 3.62. The molecule has 3 heteroatoms. The third kappa shape index (κ3) is 1.41. The normalized spacial score (nSPS) is 14.8. The Bertz CT molecular complexity index is 385. The van der Waals surface area contributed by atoms with Crippen LogP contribution < -0.4 is 4.90 Å². The molecule has 14 heavy (non-hydrogen) atoms. The molecule has 0 bridgehead atoms. The van der Waals surface area contributed by atoms with Gasteiger partial charge in [0, 0.05) is 12.7 Å². The Labute approximate surface area is 83.1 Å². The molecule has 0 spiro atoms. The number of aromatic nitrogens is 1. The average molecular weight is 188 g/mol. The minimum absolute atomic E-state index is 0.0185. The third-order valence-corrected chi connectivity index (χ3v) is 2.30. The molecular weight excluding hydrogens is 176 g/mol. The zero-order valence-electron chi connectivity index (χ0n) is 8.10. The van der Waals surface area contributed by atoms with Gasteiger partial charge in [-0.3, -0.25) is 9.69 Å². The van der Waals surface area contributed by atoms with Crippen molar-refractivity contribution in [3.63, 3.8) is 0 Å². The molecule has 1 aromatic rings. The van der Waals surface area contributed by atoms with Crippen LogP contribution in [0.3, 0.4) is 0 Å². The molecule has 1 aromatic heterocycles. The maximum Gasteiger partial charge on any atom is 0.251 e. The van der Waals surface area contributed by atoms with Gasteiger partial charge in [0.25, 0.3) is 5.91 Å². The summed E-state index contributed by atoms with van der Waals surface area (Å²) in [6.07, 6.45) is 5.96. The first-order valence-electron chi connectivity index (χ1n) is 4.71. The van der Waals surface area contributed by atoms with Gasteiger partial charge in [-0.1, -0.05) is 12.1 Å². The average Bonchev–Trinajstić information content (AvgIpc) is 2.61. The van der Waals surface area contributed by atoms with Gasteiger partial charge in [0.15, 0.2) is 0 Å². The van der Waals surface area contributed by atoms with Crippen molar-refractivity contribution in [2.45, 2.75) is 13.3 Å². The van der Waals surface area contributed by atoms with Crippen molar-refractivity contribution in [2.75, 3.05) is 11.4 Å². The molecule has 0 aliphatic carbocycles. The van der Waals surface area contributed by atoms with Gasteiger partial charge in [-0.05, 0) is 31.1 Å². The molecule has 2 rings (SSSR count). The van der Waals surface area contributed by atoms with Crippen molar-refractivity contribution < 1.29 is 4.79 Å². The van der Waals surface area contributed by atoms with Gasteiger partial charge in [-0.15, -0.1) is 0 Å². The highest BCUT2D eigenvalue weighted by Crippen LogP contribution is 2.24. The fourth-order valence-corrected chi connectivity index (χ4v) is 1.65. The lowest BCUT2D eigenvalue weighted by molar-refractivity contribution is -0.114. The zero-order chi connectivity index (χ0) is 9.97. The van der Waals surface area contributed by atoms with Crippen molar-refractivity contribution in [1.29, 1.82) is 0 Å². The van der Waals surface area contributed by atoms with Gasteiger partial charge in [0.1, 0.15) is 5.82 Å². The SMILES string of the molecule is C/C=C/C(=O)N1CCc2cccnc21. The summed E-state index contributed by atoms with van der Waals surface area (Å²) < 4.78 is 0. The summed E-state index contributed by atoms with van der Waals surface area (Å²) in [7, 11) is 0. The molecule has 0 fully saturated rings. The number of carbonyl (C=O) groups is 1. The van der Waals surface area contributed by atoms with Crippen LogP contribution in [0.4, 0.5) is 5.82 Å². The quantitative estimate of drug-likeness (QED) is 0.626. The molecule has 0 atom stereocenters. The van der Waals surface area contributed by atoms with Crippen molar-refractivity contribution in [2.24, 2.45) is 0 Å². The minimum Gasteiger partial charge on any atom is -0.293 e. The van der Waals surface area contributed by atoms with Crippen LogP contribution in [0.25, 0.3) is 0 Å². The molecule has 3 nitrogen and oxygen atoms in total. The zero-order valence-corrected chi connectivity index (χ0v) is 8.10. The maximum atomic E-state index is 11.6. The fourth-order valence-electron chi connectivity index (χ4n) is 1.65. The van der Waals surface area contributed by atoms with Crippen LogP contribution in [0.15, 0.2) is 30.5 Å². The largest absolute Gasteiger partial charge is 0.293 e. The predicted octanol–water partition coefficient (Wildman–Crippen LogP) is 1.55. The summed E-state index contributed by atoms with van der Waals surface area (Å²) in [6.45, 7) is 2.59. The Hall–Kier alpha value is -1.64. The molecular formula is C11H12N2O. The van der Waals surface area contributed by atoms with Crippen LogP contribution in [0.2, 0.25) is 0 Å². The van der Waals surface area contributed by atoms with Crippen molar-refractivity contribution in [3.8, 4) is 0 Å². The van der Waals surface area contributed by atoms with E-state index in [1.165, 1.54) is 0 Å². The maximum absolute atomic E-state index is 11.6. The summed E-state index contributed by atoms with van der Waals surface area (Å²) in [6, 6.07) is 3.92. The van der Waals surface area contributed by atoms with E-state index in [9.17, 15) is 4.79 Å². The number of fused-ring (bicyclic) bond motifs is 1. The summed E-state index contributed by atoms with van der Waals surface area (Å²) >= 11 is 0. The number of hydrogen-bond donors (Lipinski definition) is 0. The molecule has 0 unspecified atom stereocenters. The molecule has 72 valence electrons. The lowest BCUT2D eigenvalue weighted by Crippen LogP contribution is -2.27. The first-order valence-corrected chi connectivity index (χ1v) is 4.71. The highest BCUT2D eigenvalue weighted by atomic mass is 16.2. The Morgan fingerprint density at radius 2 is 2.50 bits per heavy atom. The number of allylic oxidation sites excluding steroid dienone is 1. The van der Waals surface area contributed by atoms with E-state index in [2.05, 4.69) is 4.98 Å². The number of anilines is 1. The van der Waals surface area contributed by atoms with E-state index >= 15 is 0 Å². The topological polar surface area (TPSA) is 33.2 Å². The Balaban J connectivity index is 2.30. The second-order valence-corrected chi connectivity index (χ2v) is 3.23. The first kappa shape index (κ1) is 8.94. The van der Waals surface area contributed by atoms with Crippen LogP contribution in [-0.4, -0.2) is 17.4 Å². The molecule has 0 aromatic carbocycles. The Kier molecular flexibility index (Phi) is 2.31. The highest BCUT2D eigenvalue weighted by molar-refractivity contribution is 6.01. The van der Waals surface area contributed by atoms with Crippen LogP contribution in [0, 0.1) is 0 Å². The van der Waals surface area contributed by atoms with E-state index in [0.29, 0.717) is 0 Å². The van der Waals surface area contributed by atoms with E-state index in [1.54, 1.807) is 23.2 Å². The van der Waals surface area contributed by atoms with Crippen LogP contribution in [-0.2, 0) is 11.2 Å². The standard InChI is InChI=1S/C11H12N2O/c1-2-4-10(14)13-8-6-9-5-3-7-12-11(9)13/h2-5,7H,6,8H2,1H3/b4-2+. The highest BCUT2D eigenvalue weighted by Gasteiger charge is 2.23. The van der Waals surface area contributed by atoms with E-state index in [4.69, 9.17) is 0 Å². The third-order valence-electron chi connectivity index (χ3n) is 2.30. The lowest BCUT2D eigenvalue weighted by atomic mass is 10.2. The van der Waals surface area contributed by atoms with Gasteiger partial charge >= 0.3 is 0 Å². The monoisotopic (exact) mass is 188 g/mol. The molecule has 0 saturated heterocycles. The van der Waals surface area contributed by atoms with E-state index in [1.807, 2.05) is 19.1 Å². The number of pyridine rings is 1. The van der Waals surface area contributed by atoms with Crippen LogP contribution in [0.1, 0.15) is 12.5 Å². The molecule has 2 heterocycles. The fraction of sp³-hybridized carbons (Fsp3) is 0.273. The van der Waals surface area contributed by atoms with Gasteiger partial charge < -0.3 is 0 Å². The van der Waals surface area contributed by atoms with Crippen molar-refractivity contribution >= 4 is 11.7 Å². The van der Waals surface area contributed by atoms with Gasteiger partial charge in [-0.25, -0.2) is 4.98 Å². The summed E-state index contributed by atoms with van der Waals surface area (Å²) in [4.78, 5) is 17.5. The number of amides is 1. The minimum atomic E-state index is 0.0185. The number of rotatable bonds is 1. The Morgan fingerprint density at radius 3 is 3.29 bits per heavy atom. The van der Waals surface area contributed by atoms with Crippen molar-refractivity contribution in [3.05, 3.63) is 36.0 Å². The molecule has 0 radical (unpaired) electrons. The molecule has 1 aliphatic heterocycles. The summed E-state index contributed by atoms with van der Waals surface area (Å²) in [5.74, 6) is 0.834. The smallest absolute Gasteiger partial charge is 0.251 e. The molecule has 0 saturated carbocycles. The number of carbonyl (C=O) groups excluding carboxylic acids is 1. The summed E-state index contributed by atoms with van der Waals surface area (Å²) in [5, 5.41) is 0. The second-order valence-electron chi connectivity index (χ2n) is 3.23. The van der Waals surface area contributed by atoms with E-state index < -0.39 is 0 Å². The van der Waals surface area contributed by atoms with Crippen LogP contribution in [0.5, 0.6) is 0 Å². The number of nitrogens with zero attached hydrogens (tertiary/aromatic N) is 2. The summed E-state index contributed by atoms with van der Waals surface area (Å²) in [5.41, 5.74) is 1.16. The molecule has 0 N–H and O–H groups in total. The van der Waals surface area contributed by atoms with Gasteiger partial charge in [0.05, 0.1) is 0 Å². The van der Waals surface area contributed by atoms with Gasteiger partial charge in [-0.2, -0.15) is 0 Å². The van der Waals surface area contributed by atoms with E-state index in [0.717, 1.165) is 24.3 Å². The lowest BCUT2D eigenvalue weighted by Gasteiger charge is -2.13. The Morgan fingerprint density at radius 1 is 1.64 bits per heavy atom. The number of hydrogen-bond acceptors (Lipinski definition) is 2. The predicted molar refractivity (Wildman–Crippen MR) is 55.1 cm³/mol. The first-order chi connectivity index (χ1) is 6.83. The molecule has 1 amide bonds. The van der Waals surface area contributed by atoms with Gasteiger partial charge in [0.2, 0.25) is 0 Å². The van der Waals surface area contributed by atoms with E-state index in [-0.39, 0.29) is 5.91 Å². The van der Waals surface area contributed by atoms with Crippen LogP contribution >= 0.6 is 0 Å². The molecule has 1 aliphatic rings. The van der Waals surface area contributed by atoms with Crippen molar-refractivity contribution in [1.82, 2.24) is 4.98 Å².